The quantitative estimate of drug-likeness (QED) is 0.323. The van der Waals surface area contributed by atoms with Crippen molar-refractivity contribution in [1.82, 2.24) is 9.55 Å². The van der Waals surface area contributed by atoms with Crippen LogP contribution in [0.25, 0.3) is 11.1 Å². The molecule has 5 nitrogen and oxygen atoms in total. The Bertz CT molecular complexity index is 1150. The number of benzene rings is 2. The maximum atomic E-state index is 13.3. The molecule has 1 aromatic heterocycles. The first-order chi connectivity index (χ1) is 13.4. The second kappa shape index (κ2) is 7.14. The molecule has 0 spiro atoms. The summed E-state index contributed by atoms with van der Waals surface area (Å²) in [5.74, 6) is -0.0807. The van der Waals surface area contributed by atoms with Crippen LogP contribution in [0.2, 0.25) is 5.02 Å². The Labute approximate surface area is 182 Å². The van der Waals surface area contributed by atoms with Gasteiger partial charge in [0.2, 0.25) is 5.91 Å². The van der Waals surface area contributed by atoms with E-state index >= 15 is 0 Å². The molecule has 0 N–H and O–H groups in total. The highest BCUT2D eigenvalue weighted by Crippen LogP contribution is 2.48. The molecule has 1 unspecified atom stereocenters. The summed E-state index contributed by atoms with van der Waals surface area (Å²) in [6.45, 7) is 3.80. The molecule has 1 atom stereocenters. The van der Waals surface area contributed by atoms with Gasteiger partial charge in [-0.15, -0.1) is 0 Å². The van der Waals surface area contributed by atoms with Gasteiger partial charge in [0.25, 0.3) is 0 Å². The largest absolute Gasteiger partial charge is 0.279 e. The Morgan fingerprint density at radius 2 is 2.00 bits per heavy atom. The first-order valence-corrected chi connectivity index (χ1v) is 12.9. The number of carbonyl (C=O) groups is 1. The van der Waals surface area contributed by atoms with Gasteiger partial charge in [0.05, 0.1) is 39.9 Å². The molecular weight excluding hydrogens is 506 g/mol. The van der Waals surface area contributed by atoms with Crippen LogP contribution in [0.4, 0.5) is 11.4 Å². The predicted molar refractivity (Wildman–Crippen MR) is 122 cm³/mol. The minimum Gasteiger partial charge on any atom is -0.279 e. The average molecular weight is 521 g/mol. The number of hydrogen-bond acceptors (Lipinski definition) is 3. The van der Waals surface area contributed by atoms with Gasteiger partial charge in [-0.2, -0.15) is 10.4 Å². The lowest BCUT2D eigenvalue weighted by Crippen LogP contribution is -2.33. The highest BCUT2D eigenvalue weighted by atomic mass is 127. The van der Waals surface area contributed by atoms with Gasteiger partial charge < -0.3 is 0 Å². The van der Waals surface area contributed by atoms with E-state index in [1.54, 1.807) is 23.1 Å². The van der Waals surface area contributed by atoms with E-state index in [9.17, 15) is 10.1 Å². The summed E-state index contributed by atoms with van der Waals surface area (Å²) in [7, 11) is 0. The van der Waals surface area contributed by atoms with Crippen molar-refractivity contribution in [3.63, 3.8) is 0 Å². The van der Waals surface area contributed by atoms with Gasteiger partial charge in [0.15, 0.2) is 0 Å². The van der Waals surface area contributed by atoms with Gasteiger partial charge in [0.1, 0.15) is 6.07 Å². The van der Waals surface area contributed by atoms with Crippen molar-refractivity contribution in [1.29, 1.82) is 5.26 Å². The number of nitriles is 1. The lowest BCUT2D eigenvalue weighted by atomic mass is 9.85. The van der Waals surface area contributed by atoms with Crippen LogP contribution in [0.3, 0.4) is 0 Å². The third-order valence-electron chi connectivity index (χ3n) is 5.00. The molecule has 2 heterocycles. The number of halogens is 2. The Morgan fingerprint density at radius 3 is 2.68 bits per heavy atom. The lowest BCUT2D eigenvalue weighted by molar-refractivity contribution is -0.121. The van der Waals surface area contributed by atoms with Gasteiger partial charge in [-0.05, 0) is 65.2 Å². The SMILES string of the molecule is CC1(C)C(=O)N(c2cccc(Cl)c2C#N)c2cc(-c3cnn(PI)c3)ccc21. The van der Waals surface area contributed by atoms with E-state index in [2.05, 4.69) is 33.2 Å². The molecule has 0 radical (unpaired) electrons. The molecule has 8 heteroatoms. The molecule has 1 amide bonds. The molecule has 0 saturated carbocycles. The normalized spacial score (nSPS) is 15.2. The van der Waals surface area contributed by atoms with E-state index in [4.69, 9.17) is 11.6 Å². The minimum atomic E-state index is -0.698. The maximum Gasteiger partial charge on any atom is 0.241 e. The zero-order valence-electron chi connectivity index (χ0n) is 15.1. The third-order valence-corrected chi connectivity index (χ3v) is 7.21. The molecule has 3 aromatic rings. The van der Waals surface area contributed by atoms with Gasteiger partial charge in [-0.1, -0.05) is 29.8 Å². The number of aromatic nitrogens is 2. The molecule has 0 fully saturated rings. The summed E-state index contributed by atoms with van der Waals surface area (Å²) >= 11 is 8.50. The molecule has 1 aliphatic rings. The molecule has 2 aromatic carbocycles. The predicted octanol–water partition coefficient (Wildman–Crippen LogP) is 5.82. The number of anilines is 2. The molecule has 0 bridgehead atoms. The van der Waals surface area contributed by atoms with Crippen molar-refractivity contribution in [2.75, 3.05) is 4.90 Å². The number of nitrogens with zero attached hydrogens (tertiary/aromatic N) is 4. The van der Waals surface area contributed by atoms with Gasteiger partial charge in [-0.3, -0.25) is 9.69 Å². The van der Waals surface area contributed by atoms with E-state index in [0.29, 0.717) is 22.6 Å². The molecule has 0 aliphatic carbocycles. The van der Waals surface area contributed by atoms with Gasteiger partial charge in [-0.25, -0.2) is 4.45 Å². The third kappa shape index (κ3) is 2.93. The Hall–Kier alpha value is -1.94. The second-order valence-electron chi connectivity index (χ2n) is 7.00. The van der Waals surface area contributed by atoms with Crippen molar-refractivity contribution in [3.8, 4) is 17.2 Å². The van der Waals surface area contributed by atoms with E-state index in [0.717, 1.165) is 22.4 Å². The Morgan fingerprint density at radius 1 is 1.21 bits per heavy atom. The smallest absolute Gasteiger partial charge is 0.241 e. The summed E-state index contributed by atoms with van der Waals surface area (Å²) in [6, 6.07) is 13.3. The number of amides is 1. The Balaban J connectivity index is 1.92. The summed E-state index contributed by atoms with van der Waals surface area (Å²) in [4.78, 5) is 14.9. The zero-order valence-corrected chi connectivity index (χ0v) is 19.0. The highest BCUT2D eigenvalue weighted by Gasteiger charge is 2.45. The van der Waals surface area contributed by atoms with Crippen LogP contribution in [0.5, 0.6) is 0 Å². The molecule has 0 saturated heterocycles. The van der Waals surface area contributed by atoms with Crippen LogP contribution < -0.4 is 4.90 Å². The van der Waals surface area contributed by atoms with E-state index < -0.39 is 5.41 Å². The van der Waals surface area contributed by atoms with E-state index in [1.807, 2.05) is 48.9 Å². The van der Waals surface area contributed by atoms with Crippen LogP contribution in [0.15, 0.2) is 48.8 Å². The van der Waals surface area contributed by atoms with Crippen molar-refractivity contribution in [2.24, 2.45) is 0 Å². The van der Waals surface area contributed by atoms with Crippen LogP contribution in [-0.4, -0.2) is 15.5 Å². The standard InChI is InChI=1S/C20H15ClIN4OP/c1-20(2)15-7-6-12(13-10-24-25(11-13)28-22)8-18(15)26(19(20)27)17-5-3-4-16(21)14(17)9-23/h3-8,10-11,28H,1-2H3. The summed E-state index contributed by atoms with van der Waals surface area (Å²) in [5, 5.41) is 14.3. The minimum absolute atomic E-state index is 0.0807. The number of carbonyl (C=O) groups excluding carboxylic acids is 1. The molecule has 1 aliphatic heterocycles. The zero-order chi connectivity index (χ0) is 20.1. The number of fused-ring (bicyclic) bond motifs is 1. The van der Waals surface area contributed by atoms with Crippen molar-refractivity contribution < 1.29 is 4.79 Å². The van der Waals surface area contributed by atoms with Gasteiger partial charge in [0, 0.05) is 11.8 Å². The molecule has 28 heavy (non-hydrogen) atoms. The number of hydrogen-bond donors (Lipinski definition) is 0. The monoisotopic (exact) mass is 520 g/mol. The fourth-order valence-electron chi connectivity index (χ4n) is 3.50. The van der Waals surface area contributed by atoms with Crippen molar-refractivity contribution in [2.45, 2.75) is 19.3 Å². The topological polar surface area (TPSA) is 61.9 Å². The van der Waals surface area contributed by atoms with Crippen LogP contribution in [0.1, 0.15) is 25.0 Å². The summed E-state index contributed by atoms with van der Waals surface area (Å²) < 4.78 is 1.88. The fourth-order valence-corrected chi connectivity index (χ4v) is 4.79. The van der Waals surface area contributed by atoms with Crippen molar-refractivity contribution in [3.05, 3.63) is 64.9 Å². The van der Waals surface area contributed by atoms with E-state index in [-0.39, 0.29) is 5.91 Å². The first-order valence-electron chi connectivity index (χ1n) is 8.48. The fraction of sp³-hybridized carbons (Fsp3) is 0.150. The van der Waals surface area contributed by atoms with Crippen LogP contribution >= 0.6 is 40.0 Å². The Kier molecular flexibility index (Phi) is 4.95. The number of rotatable bonds is 3. The average Bonchev–Trinajstić information content (AvgIpc) is 3.23. The van der Waals surface area contributed by atoms with Crippen LogP contribution in [-0.2, 0) is 10.2 Å². The van der Waals surface area contributed by atoms with E-state index in [1.165, 1.54) is 0 Å². The van der Waals surface area contributed by atoms with Crippen LogP contribution in [0, 0.1) is 11.3 Å². The summed E-state index contributed by atoms with van der Waals surface area (Å²) in [6.07, 6.45) is 4.32. The molecule has 4 rings (SSSR count). The molecule has 140 valence electrons. The van der Waals surface area contributed by atoms with Crippen molar-refractivity contribution >= 4 is 57.3 Å². The first kappa shape index (κ1) is 19.4. The lowest BCUT2D eigenvalue weighted by Gasteiger charge is -2.22. The van der Waals surface area contributed by atoms with Gasteiger partial charge >= 0.3 is 0 Å². The second-order valence-corrected chi connectivity index (χ2v) is 9.48. The highest BCUT2D eigenvalue weighted by molar-refractivity contribution is 14.2. The molecular formula is C20H15ClIN4OP. The summed E-state index contributed by atoms with van der Waals surface area (Å²) in [5.41, 5.74) is 3.76. The maximum absolute atomic E-state index is 13.3.